The Hall–Kier alpha value is -2.75. The van der Waals surface area contributed by atoms with Gasteiger partial charge in [0.1, 0.15) is 12.5 Å². The quantitative estimate of drug-likeness (QED) is 0.713. The molecule has 0 saturated carbocycles. The average Bonchev–Trinajstić information content (AvgIpc) is 2.56. The maximum absolute atomic E-state index is 13.0. The number of nitrogens with zero attached hydrogens (tertiary/aromatic N) is 1. The molecule has 0 bridgehead atoms. The van der Waals surface area contributed by atoms with E-state index in [9.17, 15) is 13.6 Å². The van der Waals surface area contributed by atoms with Gasteiger partial charge in [0.05, 0.1) is 0 Å². The molecule has 0 fully saturated rings. The molecule has 3 aromatic rings. The third-order valence-electron chi connectivity index (χ3n) is 3.43. The second kappa shape index (κ2) is 5.93. The Morgan fingerprint density at radius 2 is 1.64 bits per heavy atom. The summed E-state index contributed by atoms with van der Waals surface area (Å²) < 4.78 is 27.2. The fourth-order valence-corrected chi connectivity index (χ4v) is 2.29. The molecule has 22 heavy (non-hydrogen) atoms. The first kappa shape index (κ1) is 14.2. The van der Waals surface area contributed by atoms with Crippen molar-refractivity contribution >= 4 is 0 Å². The van der Waals surface area contributed by atoms with Crippen LogP contribution in [-0.2, 0) is 6.67 Å². The van der Waals surface area contributed by atoms with E-state index in [1.807, 2.05) is 0 Å². The van der Waals surface area contributed by atoms with Crippen LogP contribution in [0.3, 0.4) is 0 Å². The van der Waals surface area contributed by atoms with Crippen LogP contribution in [0, 0.1) is 5.82 Å². The van der Waals surface area contributed by atoms with E-state index in [0.29, 0.717) is 11.3 Å². The van der Waals surface area contributed by atoms with Crippen LogP contribution in [0.5, 0.6) is 0 Å². The topological polar surface area (TPSA) is 22.0 Å². The minimum absolute atomic E-state index is 0.207. The van der Waals surface area contributed by atoms with Gasteiger partial charge in [-0.1, -0.05) is 24.3 Å². The summed E-state index contributed by atoms with van der Waals surface area (Å²) in [4.78, 5) is 12.1. The highest BCUT2D eigenvalue weighted by Crippen LogP contribution is 2.19. The van der Waals surface area contributed by atoms with Crippen LogP contribution in [0.25, 0.3) is 16.8 Å². The van der Waals surface area contributed by atoms with Crippen molar-refractivity contribution < 1.29 is 8.78 Å². The molecule has 0 aliphatic carbocycles. The van der Waals surface area contributed by atoms with E-state index in [1.54, 1.807) is 48.7 Å². The van der Waals surface area contributed by atoms with Gasteiger partial charge in [0.25, 0.3) is 5.56 Å². The van der Waals surface area contributed by atoms with E-state index >= 15 is 0 Å². The Balaban J connectivity index is 2.10. The molecule has 4 heteroatoms. The minimum Gasteiger partial charge on any atom is -0.284 e. The fraction of sp³-hybridized carbons (Fsp3) is 0.0556. The van der Waals surface area contributed by atoms with Crippen LogP contribution < -0.4 is 5.56 Å². The van der Waals surface area contributed by atoms with Gasteiger partial charge in [-0.25, -0.2) is 8.78 Å². The Kier molecular flexibility index (Phi) is 3.83. The van der Waals surface area contributed by atoms with Gasteiger partial charge >= 0.3 is 0 Å². The van der Waals surface area contributed by atoms with E-state index in [-0.39, 0.29) is 11.4 Å². The molecule has 0 N–H and O–H groups in total. The number of benzene rings is 2. The van der Waals surface area contributed by atoms with Gasteiger partial charge in [-0.15, -0.1) is 0 Å². The van der Waals surface area contributed by atoms with E-state index in [1.165, 1.54) is 22.8 Å². The molecule has 0 amide bonds. The van der Waals surface area contributed by atoms with Crippen LogP contribution in [0.1, 0.15) is 5.56 Å². The number of pyridine rings is 1. The molecule has 0 atom stereocenters. The lowest BCUT2D eigenvalue weighted by Gasteiger charge is -2.09. The van der Waals surface area contributed by atoms with Crippen molar-refractivity contribution in [1.29, 1.82) is 0 Å². The number of hydrogen-bond acceptors (Lipinski definition) is 1. The van der Waals surface area contributed by atoms with Crippen molar-refractivity contribution in [2.75, 3.05) is 0 Å². The monoisotopic (exact) mass is 297 g/mol. The van der Waals surface area contributed by atoms with Gasteiger partial charge in [-0.2, -0.15) is 0 Å². The van der Waals surface area contributed by atoms with Crippen molar-refractivity contribution in [3.63, 3.8) is 0 Å². The molecule has 1 heterocycles. The van der Waals surface area contributed by atoms with Crippen LogP contribution in [0.4, 0.5) is 8.78 Å². The SMILES string of the molecule is O=c1ccc(-c2ccc(F)cc2)cn1-c1cccc(CF)c1. The second-order valence-electron chi connectivity index (χ2n) is 4.94. The summed E-state index contributed by atoms with van der Waals surface area (Å²) in [7, 11) is 0. The average molecular weight is 297 g/mol. The number of aromatic nitrogens is 1. The first-order chi connectivity index (χ1) is 10.7. The molecule has 0 saturated heterocycles. The van der Waals surface area contributed by atoms with Gasteiger partial charge in [0.15, 0.2) is 0 Å². The zero-order valence-electron chi connectivity index (χ0n) is 11.7. The van der Waals surface area contributed by atoms with Crippen LogP contribution >= 0.6 is 0 Å². The van der Waals surface area contributed by atoms with Crippen LogP contribution in [-0.4, -0.2) is 4.57 Å². The Morgan fingerprint density at radius 1 is 0.909 bits per heavy atom. The zero-order valence-corrected chi connectivity index (χ0v) is 11.7. The minimum atomic E-state index is -0.583. The van der Waals surface area contributed by atoms with Crippen molar-refractivity contribution in [2.24, 2.45) is 0 Å². The molecule has 0 spiro atoms. The molecule has 2 aromatic carbocycles. The molecule has 3 rings (SSSR count). The van der Waals surface area contributed by atoms with Gasteiger partial charge in [0, 0.05) is 18.0 Å². The summed E-state index contributed by atoms with van der Waals surface area (Å²) in [6.07, 6.45) is 1.67. The lowest BCUT2D eigenvalue weighted by molar-refractivity contribution is 0.485. The smallest absolute Gasteiger partial charge is 0.255 e. The molecular formula is C18H13F2NO. The lowest BCUT2D eigenvalue weighted by Crippen LogP contribution is -2.16. The Labute approximate surface area is 126 Å². The first-order valence-electron chi connectivity index (χ1n) is 6.81. The molecule has 2 nitrogen and oxygen atoms in total. The first-order valence-corrected chi connectivity index (χ1v) is 6.81. The van der Waals surface area contributed by atoms with Crippen molar-refractivity contribution in [3.05, 3.63) is 88.6 Å². The Morgan fingerprint density at radius 3 is 2.36 bits per heavy atom. The van der Waals surface area contributed by atoms with Gasteiger partial charge in [-0.05, 0) is 47.0 Å². The van der Waals surface area contributed by atoms with E-state index < -0.39 is 6.67 Å². The number of rotatable bonds is 3. The molecular weight excluding hydrogens is 284 g/mol. The summed E-state index contributed by atoms with van der Waals surface area (Å²) in [5.41, 5.74) is 2.49. The largest absolute Gasteiger partial charge is 0.284 e. The molecule has 0 aliphatic rings. The summed E-state index contributed by atoms with van der Waals surface area (Å²) in [6.45, 7) is -0.583. The summed E-state index contributed by atoms with van der Waals surface area (Å²) in [5, 5.41) is 0. The van der Waals surface area contributed by atoms with E-state index in [4.69, 9.17) is 0 Å². The van der Waals surface area contributed by atoms with Crippen molar-refractivity contribution in [2.45, 2.75) is 6.67 Å². The number of alkyl halides is 1. The van der Waals surface area contributed by atoms with Gasteiger partial charge < -0.3 is 0 Å². The van der Waals surface area contributed by atoms with E-state index in [0.717, 1.165) is 11.1 Å². The number of halogens is 2. The summed E-state index contributed by atoms with van der Waals surface area (Å²) >= 11 is 0. The van der Waals surface area contributed by atoms with E-state index in [2.05, 4.69) is 0 Å². The summed E-state index contributed by atoms with van der Waals surface area (Å²) in [6, 6.07) is 15.9. The third-order valence-corrected chi connectivity index (χ3v) is 3.43. The summed E-state index contributed by atoms with van der Waals surface area (Å²) in [5.74, 6) is -0.312. The molecule has 0 unspecified atom stereocenters. The predicted octanol–water partition coefficient (Wildman–Crippen LogP) is 4.11. The Bertz CT molecular complexity index is 853. The van der Waals surface area contributed by atoms with Crippen LogP contribution in [0.2, 0.25) is 0 Å². The zero-order chi connectivity index (χ0) is 15.5. The highest BCUT2D eigenvalue weighted by molar-refractivity contribution is 5.62. The maximum Gasteiger partial charge on any atom is 0.255 e. The third kappa shape index (κ3) is 2.81. The molecule has 0 aliphatic heterocycles. The predicted molar refractivity (Wildman–Crippen MR) is 82.2 cm³/mol. The highest BCUT2D eigenvalue weighted by atomic mass is 19.1. The second-order valence-corrected chi connectivity index (χ2v) is 4.94. The van der Waals surface area contributed by atoms with Crippen LogP contribution in [0.15, 0.2) is 71.7 Å². The van der Waals surface area contributed by atoms with Gasteiger partial charge in [0.2, 0.25) is 0 Å². The van der Waals surface area contributed by atoms with Crippen molar-refractivity contribution in [1.82, 2.24) is 4.57 Å². The fourth-order valence-electron chi connectivity index (χ4n) is 2.29. The maximum atomic E-state index is 13.0. The standard InChI is InChI=1S/C18H13F2NO/c19-11-13-2-1-3-17(10-13)21-12-15(6-9-18(21)22)14-4-7-16(20)8-5-14/h1-10,12H,11H2. The molecule has 110 valence electrons. The number of hydrogen-bond donors (Lipinski definition) is 0. The highest BCUT2D eigenvalue weighted by Gasteiger charge is 2.05. The lowest BCUT2D eigenvalue weighted by atomic mass is 10.1. The molecule has 0 radical (unpaired) electrons. The van der Waals surface area contributed by atoms with Gasteiger partial charge in [-0.3, -0.25) is 9.36 Å². The normalized spacial score (nSPS) is 10.6. The molecule has 1 aromatic heterocycles. The van der Waals surface area contributed by atoms with Crippen molar-refractivity contribution in [3.8, 4) is 16.8 Å².